The zero-order chi connectivity index (χ0) is 17.3. The highest BCUT2D eigenvalue weighted by Crippen LogP contribution is 2.56. The average Bonchev–Trinajstić information content (AvgIpc) is 2.25. The van der Waals surface area contributed by atoms with Gasteiger partial charge in [-0.3, -0.25) is 0 Å². The van der Waals surface area contributed by atoms with Crippen LogP contribution in [0.5, 0.6) is 0 Å². The van der Waals surface area contributed by atoms with E-state index in [9.17, 15) is 30.7 Å². The maximum atomic E-state index is 14.3. The fourth-order valence-electron chi connectivity index (χ4n) is 2.13. The van der Waals surface area contributed by atoms with E-state index in [4.69, 9.17) is 5.11 Å². The van der Waals surface area contributed by atoms with Gasteiger partial charge in [0.15, 0.2) is 0 Å². The Morgan fingerprint density at radius 3 is 1.57 bits per heavy atom. The van der Waals surface area contributed by atoms with Gasteiger partial charge in [0.2, 0.25) is 0 Å². The molecule has 0 aromatic carbocycles. The van der Waals surface area contributed by atoms with E-state index in [0.717, 1.165) is 6.92 Å². The molecule has 0 amide bonds. The van der Waals surface area contributed by atoms with Crippen molar-refractivity contribution >= 4 is 0 Å². The first kappa shape index (κ1) is 20.5. The Kier molecular flexibility index (Phi) is 5.78. The molecular weight excluding hydrogens is 305 g/mol. The van der Waals surface area contributed by atoms with Crippen LogP contribution in [-0.2, 0) is 0 Å². The first-order valence-electron chi connectivity index (χ1n) is 6.51. The minimum atomic E-state index is -5.90. The summed E-state index contributed by atoms with van der Waals surface area (Å²) < 4.78 is 92.5. The minimum absolute atomic E-state index is 0.159. The summed E-state index contributed by atoms with van der Waals surface area (Å²) in [6.45, 7) is 2.80. The molecule has 128 valence electrons. The first-order valence-corrected chi connectivity index (χ1v) is 6.51. The summed E-state index contributed by atoms with van der Waals surface area (Å²) in [6, 6.07) is 0. The number of hydrogen-bond donors (Lipinski definition) is 1. The maximum Gasteiger partial charge on any atom is 0.453 e. The molecule has 0 spiro atoms. The third-order valence-electron chi connectivity index (χ3n) is 4.20. The van der Waals surface area contributed by atoms with Crippen molar-refractivity contribution in [3.8, 4) is 0 Å². The zero-order valence-corrected chi connectivity index (χ0v) is 12.4. The molecule has 0 aliphatic heterocycles. The number of rotatable bonds is 7. The number of hydrogen-bond acceptors (Lipinski definition) is 1. The smallest absolute Gasteiger partial charge is 0.396 e. The number of aliphatic hydroxyl groups excluding tert-OH is 1. The van der Waals surface area contributed by atoms with E-state index in [0.29, 0.717) is 13.8 Å². The van der Waals surface area contributed by atoms with Gasteiger partial charge < -0.3 is 5.11 Å². The zero-order valence-electron chi connectivity index (χ0n) is 12.4. The topological polar surface area (TPSA) is 20.2 Å². The largest absolute Gasteiger partial charge is 0.453 e. The van der Waals surface area contributed by atoms with E-state index < -0.39 is 41.9 Å². The minimum Gasteiger partial charge on any atom is -0.396 e. The Morgan fingerprint density at radius 1 is 0.857 bits per heavy atom. The van der Waals surface area contributed by atoms with Crippen molar-refractivity contribution in [2.24, 2.45) is 10.8 Å². The molecule has 21 heavy (non-hydrogen) atoms. The maximum absolute atomic E-state index is 14.3. The summed E-state index contributed by atoms with van der Waals surface area (Å²) >= 11 is 0. The molecule has 0 bridgehead atoms. The fourth-order valence-corrected chi connectivity index (χ4v) is 2.13. The van der Waals surface area contributed by atoms with Gasteiger partial charge in [-0.05, 0) is 12.8 Å². The molecule has 0 aliphatic carbocycles. The molecule has 0 heterocycles. The highest BCUT2D eigenvalue weighted by atomic mass is 19.4. The van der Waals surface area contributed by atoms with Gasteiger partial charge in [-0.15, -0.1) is 0 Å². The van der Waals surface area contributed by atoms with Crippen LogP contribution < -0.4 is 0 Å². The lowest BCUT2D eigenvalue weighted by molar-refractivity contribution is -0.331. The molecule has 1 N–H and O–H groups in total. The summed E-state index contributed by atoms with van der Waals surface area (Å²) in [6.07, 6.45) is -8.07. The average molecular weight is 326 g/mol. The van der Waals surface area contributed by atoms with Crippen molar-refractivity contribution in [2.75, 3.05) is 6.61 Å². The number of alkyl halides is 7. The summed E-state index contributed by atoms with van der Waals surface area (Å²) in [5, 5.41) is 8.82. The van der Waals surface area contributed by atoms with Crippen molar-refractivity contribution in [3.63, 3.8) is 0 Å². The molecule has 1 unspecified atom stereocenters. The van der Waals surface area contributed by atoms with Crippen LogP contribution in [-0.4, -0.2) is 29.7 Å². The SMILES string of the molecule is CCC(C)(CCO)C(F)(F)CC(C)(C)C(F)(F)C(F)(F)F. The second-order valence-electron chi connectivity index (χ2n) is 6.23. The fraction of sp³-hybridized carbons (Fsp3) is 1.00. The van der Waals surface area contributed by atoms with Crippen LogP contribution in [0.25, 0.3) is 0 Å². The van der Waals surface area contributed by atoms with Crippen molar-refractivity contribution in [1.29, 1.82) is 0 Å². The van der Waals surface area contributed by atoms with Crippen LogP contribution in [0.4, 0.5) is 30.7 Å². The molecule has 1 nitrogen and oxygen atoms in total. The van der Waals surface area contributed by atoms with Crippen LogP contribution in [0.3, 0.4) is 0 Å². The normalized spacial score (nSPS) is 17.7. The van der Waals surface area contributed by atoms with Gasteiger partial charge in [0.1, 0.15) is 0 Å². The van der Waals surface area contributed by atoms with Crippen LogP contribution in [0.1, 0.15) is 47.0 Å². The Morgan fingerprint density at radius 2 is 1.29 bits per heavy atom. The second-order valence-corrected chi connectivity index (χ2v) is 6.23. The highest BCUT2D eigenvalue weighted by molar-refractivity contribution is 4.98. The van der Waals surface area contributed by atoms with E-state index in [1.165, 1.54) is 6.92 Å². The van der Waals surface area contributed by atoms with Crippen LogP contribution in [0.2, 0.25) is 0 Å². The standard InChI is InChI=1S/C13H21F7O/c1-5-10(4,6-7-21)11(14,15)8-9(2,3)12(16,17)13(18,19)20/h21H,5-8H2,1-4H3. The lowest BCUT2D eigenvalue weighted by Gasteiger charge is -2.43. The molecule has 0 aliphatic rings. The van der Waals surface area contributed by atoms with Crippen LogP contribution in [0.15, 0.2) is 0 Å². The van der Waals surface area contributed by atoms with Gasteiger partial charge in [0, 0.05) is 23.9 Å². The predicted octanol–water partition coefficient (Wildman–Crippen LogP) is 5.03. The van der Waals surface area contributed by atoms with Gasteiger partial charge >= 0.3 is 12.1 Å². The number of aliphatic hydroxyl groups is 1. The molecular formula is C13H21F7O. The molecule has 0 fully saturated rings. The number of halogens is 7. The van der Waals surface area contributed by atoms with Gasteiger partial charge in [0.05, 0.1) is 0 Å². The van der Waals surface area contributed by atoms with Gasteiger partial charge in [-0.25, -0.2) is 8.78 Å². The quantitative estimate of drug-likeness (QED) is 0.650. The van der Waals surface area contributed by atoms with E-state index in [1.54, 1.807) is 0 Å². The Labute approximate surface area is 119 Å². The Bertz CT molecular complexity index is 349. The molecule has 1 atom stereocenters. The molecule has 8 heteroatoms. The molecule has 0 radical (unpaired) electrons. The first-order chi connectivity index (χ1) is 9.08. The molecule has 0 saturated heterocycles. The highest BCUT2D eigenvalue weighted by Gasteiger charge is 2.68. The third-order valence-corrected chi connectivity index (χ3v) is 4.20. The summed E-state index contributed by atoms with van der Waals surface area (Å²) in [7, 11) is 0. The van der Waals surface area contributed by atoms with Crippen molar-refractivity contribution in [1.82, 2.24) is 0 Å². The molecule has 0 aromatic heterocycles. The van der Waals surface area contributed by atoms with Crippen LogP contribution in [0, 0.1) is 10.8 Å². The van der Waals surface area contributed by atoms with Crippen molar-refractivity contribution in [2.45, 2.75) is 65.0 Å². The molecule has 0 rings (SSSR count). The summed E-state index contributed by atoms with van der Waals surface area (Å²) in [5.41, 5.74) is -4.82. The molecule has 0 aromatic rings. The van der Waals surface area contributed by atoms with Gasteiger partial charge in [-0.1, -0.05) is 27.7 Å². The lowest BCUT2D eigenvalue weighted by atomic mass is 9.69. The molecule has 0 saturated carbocycles. The monoisotopic (exact) mass is 326 g/mol. The van der Waals surface area contributed by atoms with Gasteiger partial charge in [0.25, 0.3) is 5.92 Å². The lowest BCUT2D eigenvalue weighted by Crippen LogP contribution is -2.53. The van der Waals surface area contributed by atoms with Crippen molar-refractivity contribution < 1.29 is 35.8 Å². The predicted molar refractivity (Wildman–Crippen MR) is 64.4 cm³/mol. The Balaban J connectivity index is 5.51. The second kappa shape index (κ2) is 5.93. The van der Waals surface area contributed by atoms with Crippen molar-refractivity contribution in [3.05, 3.63) is 0 Å². The summed E-state index contributed by atoms with van der Waals surface area (Å²) in [4.78, 5) is 0. The van der Waals surface area contributed by atoms with E-state index in [-0.39, 0.29) is 12.8 Å². The van der Waals surface area contributed by atoms with E-state index in [2.05, 4.69) is 0 Å². The van der Waals surface area contributed by atoms with Gasteiger partial charge in [-0.2, -0.15) is 22.0 Å². The van der Waals surface area contributed by atoms with E-state index >= 15 is 0 Å². The summed E-state index contributed by atoms with van der Waals surface area (Å²) in [5.74, 6) is -9.01. The third kappa shape index (κ3) is 3.81. The van der Waals surface area contributed by atoms with E-state index in [1.807, 2.05) is 0 Å². The Hall–Kier alpha value is -0.530. The van der Waals surface area contributed by atoms with Crippen LogP contribution >= 0.6 is 0 Å².